The monoisotopic (exact) mass is 590 g/mol. The highest BCUT2D eigenvalue weighted by atomic mass is 127. The second-order valence-corrected chi connectivity index (χ2v) is 6.33. The molecule has 1 rings (SSSR count). The maximum Gasteiger partial charge on any atom is 0.338 e. The summed E-state index contributed by atoms with van der Waals surface area (Å²) >= 11 is 5.78. The minimum Gasteiger partial charge on any atom is -0.478 e. The molecule has 0 saturated heterocycles. The van der Waals surface area contributed by atoms with Gasteiger partial charge >= 0.3 is 5.97 Å². The van der Waals surface area contributed by atoms with Crippen LogP contribution in [0.15, 0.2) is 0 Å². The number of anilines is 2. The number of aromatic carboxylic acids is 1. The van der Waals surface area contributed by atoms with E-state index in [-0.39, 0.29) is 16.9 Å². The lowest BCUT2D eigenvalue weighted by Crippen LogP contribution is -2.15. The number of nitrogens with one attached hydrogen (secondary N) is 1. The Labute approximate surface area is 144 Å². The highest BCUT2D eigenvalue weighted by Crippen LogP contribution is 2.37. The number of carbonyl (C=O) groups excluding carboxylic acids is 1. The number of nitrogen functional groups attached to an aromatic ring is 1. The van der Waals surface area contributed by atoms with Crippen molar-refractivity contribution in [2.45, 2.75) is 6.92 Å². The minimum absolute atomic E-state index is 0. The lowest BCUT2D eigenvalue weighted by Gasteiger charge is -2.15. The molecule has 0 heterocycles. The fourth-order valence-corrected chi connectivity index (χ4v) is 5.05. The zero-order chi connectivity index (χ0) is 13.3. The first-order valence-corrected chi connectivity index (χ1v) is 7.47. The van der Waals surface area contributed by atoms with Crippen LogP contribution in [0.2, 0.25) is 0 Å². The van der Waals surface area contributed by atoms with E-state index in [2.05, 4.69) is 5.32 Å². The van der Waals surface area contributed by atoms with Crippen molar-refractivity contribution in [3.05, 3.63) is 16.3 Å². The highest BCUT2D eigenvalue weighted by molar-refractivity contribution is 14.1. The smallest absolute Gasteiger partial charge is 0.338 e. The summed E-state index contributed by atoms with van der Waals surface area (Å²) in [5, 5.41) is 11.7. The molecular formula is C9H9I3N2O4. The first-order valence-electron chi connectivity index (χ1n) is 4.24. The number of carbonyl (C=O) groups is 2. The predicted octanol–water partition coefficient (Wildman–Crippen LogP) is 1.91. The lowest BCUT2D eigenvalue weighted by atomic mass is 10.1. The summed E-state index contributed by atoms with van der Waals surface area (Å²) in [5.41, 5.74) is 6.77. The molecule has 0 bridgehead atoms. The molecule has 0 aromatic heterocycles. The number of benzene rings is 1. The molecule has 0 aliphatic rings. The van der Waals surface area contributed by atoms with Crippen molar-refractivity contribution in [2.75, 3.05) is 11.1 Å². The molecule has 9 heteroatoms. The molecule has 0 radical (unpaired) electrons. The van der Waals surface area contributed by atoms with Crippen LogP contribution in [-0.4, -0.2) is 22.5 Å². The molecule has 1 aromatic carbocycles. The average Bonchev–Trinajstić information content (AvgIpc) is 2.21. The minimum atomic E-state index is -1.06. The summed E-state index contributed by atoms with van der Waals surface area (Å²) in [5.74, 6) is -1.33. The number of carboxylic acids is 1. The molecule has 1 amide bonds. The molecule has 0 spiro atoms. The molecule has 6 nitrogen and oxygen atoms in total. The number of nitrogens with two attached hydrogens (primary N) is 1. The Kier molecular flexibility index (Phi) is 7.09. The van der Waals surface area contributed by atoms with E-state index in [0.717, 1.165) is 0 Å². The van der Waals surface area contributed by atoms with E-state index in [1.165, 1.54) is 6.92 Å². The average molecular weight is 590 g/mol. The van der Waals surface area contributed by atoms with Crippen molar-refractivity contribution >= 4 is 91.0 Å². The summed E-state index contributed by atoms with van der Waals surface area (Å²) in [7, 11) is 0. The van der Waals surface area contributed by atoms with Crippen molar-refractivity contribution < 1.29 is 20.2 Å². The van der Waals surface area contributed by atoms with Crippen molar-refractivity contribution in [3.63, 3.8) is 0 Å². The Hall–Kier alpha value is 0.110. The molecule has 6 N–H and O–H groups in total. The summed E-state index contributed by atoms with van der Waals surface area (Å²) in [6.07, 6.45) is 0. The van der Waals surface area contributed by atoms with Gasteiger partial charge < -0.3 is 21.6 Å². The van der Waals surface area contributed by atoms with Gasteiger partial charge in [-0.15, -0.1) is 0 Å². The number of halogens is 3. The van der Waals surface area contributed by atoms with Gasteiger partial charge in [-0.1, -0.05) is 0 Å². The van der Waals surface area contributed by atoms with E-state index in [1.54, 1.807) is 0 Å². The van der Waals surface area contributed by atoms with E-state index >= 15 is 0 Å². The van der Waals surface area contributed by atoms with Gasteiger partial charge in [0.05, 0.1) is 27.6 Å². The fraction of sp³-hybridized carbons (Fsp3) is 0.111. The van der Waals surface area contributed by atoms with Crippen LogP contribution in [0.1, 0.15) is 17.3 Å². The van der Waals surface area contributed by atoms with Gasteiger partial charge in [-0.2, -0.15) is 0 Å². The van der Waals surface area contributed by atoms with Crippen LogP contribution < -0.4 is 11.1 Å². The maximum absolute atomic E-state index is 11.2. The summed E-state index contributed by atoms with van der Waals surface area (Å²) in [4.78, 5) is 22.3. The third kappa shape index (κ3) is 3.57. The van der Waals surface area contributed by atoms with Crippen LogP contribution in [0.4, 0.5) is 11.4 Å². The first-order chi connectivity index (χ1) is 7.77. The molecule has 18 heavy (non-hydrogen) atoms. The first kappa shape index (κ1) is 18.1. The zero-order valence-electron chi connectivity index (χ0n) is 8.97. The molecule has 0 fully saturated rings. The van der Waals surface area contributed by atoms with Gasteiger partial charge in [0.2, 0.25) is 5.91 Å². The Morgan fingerprint density at radius 2 is 1.67 bits per heavy atom. The van der Waals surface area contributed by atoms with Crippen LogP contribution in [0, 0.1) is 10.7 Å². The zero-order valence-corrected chi connectivity index (χ0v) is 15.4. The third-order valence-electron chi connectivity index (χ3n) is 1.87. The fourth-order valence-electron chi connectivity index (χ4n) is 1.16. The summed E-state index contributed by atoms with van der Waals surface area (Å²) in [6, 6.07) is 0. The van der Waals surface area contributed by atoms with Crippen molar-refractivity contribution in [2.24, 2.45) is 0 Å². The van der Waals surface area contributed by atoms with Gasteiger partial charge in [-0.05, 0) is 67.8 Å². The Morgan fingerprint density at radius 1 is 1.17 bits per heavy atom. The van der Waals surface area contributed by atoms with Gasteiger partial charge in [0, 0.05) is 6.92 Å². The molecule has 0 saturated carbocycles. The van der Waals surface area contributed by atoms with Crippen LogP contribution in [0.25, 0.3) is 0 Å². The Morgan fingerprint density at radius 3 is 2.06 bits per heavy atom. The molecule has 0 atom stereocenters. The van der Waals surface area contributed by atoms with Gasteiger partial charge in [0.1, 0.15) is 0 Å². The highest BCUT2D eigenvalue weighted by Gasteiger charge is 2.23. The van der Waals surface area contributed by atoms with E-state index in [9.17, 15) is 9.59 Å². The van der Waals surface area contributed by atoms with Crippen LogP contribution in [0.3, 0.4) is 0 Å². The third-order valence-corrected chi connectivity index (χ3v) is 5.19. The number of carboxylic acid groups (broad SMARTS) is 1. The second-order valence-electron chi connectivity index (χ2n) is 3.09. The molecular weight excluding hydrogens is 581 g/mol. The molecule has 0 unspecified atom stereocenters. The van der Waals surface area contributed by atoms with Crippen LogP contribution >= 0.6 is 67.8 Å². The molecule has 100 valence electrons. The van der Waals surface area contributed by atoms with E-state index < -0.39 is 5.97 Å². The summed E-state index contributed by atoms with van der Waals surface area (Å²) in [6.45, 7) is 1.36. The SMILES string of the molecule is CC(=O)Nc1c(I)c(N)c(I)c(C(=O)O)c1I.O. The van der Waals surface area contributed by atoms with Crippen molar-refractivity contribution in [1.82, 2.24) is 0 Å². The number of hydrogen-bond acceptors (Lipinski definition) is 3. The standard InChI is InChI=1S/C9H7I3N2O3.H2O/c1-2(15)14-8-5(11)3(9(16)17)4(10)7(13)6(8)12;/h13H2,1H3,(H,14,15)(H,16,17);1H2. The quantitative estimate of drug-likeness (QED) is 0.360. The normalized spacial score (nSPS) is 9.56. The second kappa shape index (κ2) is 7.04. The van der Waals surface area contributed by atoms with Gasteiger partial charge in [0.25, 0.3) is 0 Å². The predicted molar refractivity (Wildman–Crippen MR) is 93.9 cm³/mol. The van der Waals surface area contributed by atoms with Crippen LogP contribution in [-0.2, 0) is 4.79 Å². The van der Waals surface area contributed by atoms with Crippen LogP contribution in [0.5, 0.6) is 0 Å². The van der Waals surface area contributed by atoms with Gasteiger partial charge in [0.15, 0.2) is 0 Å². The van der Waals surface area contributed by atoms with Crippen molar-refractivity contribution in [3.8, 4) is 0 Å². The molecule has 0 aliphatic heterocycles. The topological polar surface area (TPSA) is 124 Å². The van der Waals surface area contributed by atoms with Crippen molar-refractivity contribution in [1.29, 1.82) is 0 Å². The van der Waals surface area contributed by atoms with Gasteiger partial charge in [-0.3, -0.25) is 4.79 Å². The molecule has 0 aliphatic carbocycles. The summed E-state index contributed by atoms with van der Waals surface area (Å²) < 4.78 is 1.61. The maximum atomic E-state index is 11.2. The Bertz CT molecular complexity index is 519. The number of rotatable bonds is 2. The van der Waals surface area contributed by atoms with E-state index in [0.29, 0.717) is 22.1 Å². The lowest BCUT2D eigenvalue weighted by molar-refractivity contribution is -0.114. The van der Waals surface area contributed by atoms with Gasteiger partial charge in [-0.25, -0.2) is 4.79 Å². The largest absolute Gasteiger partial charge is 0.478 e. The number of hydrogen-bond donors (Lipinski definition) is 3. The molecule has 1 aromatic rings. The Balaban J connectivity index is 0.00000289. The number of amides is 1. The van der Waals surface area contributed by atoms with E-state index in [4.69, 9.17) is 10.8 Å². The van der Waals surface area contributed by atoms with E-state index in [1.807, 2.05) is 67.8 Å².